The number of nitrogens with zero attached hydrogens (tertiary/aromatic N) is 3. The fourth-order valence-corrected chi connectivity index (χ4v) is 3.22. The van der Waals surface area contributed by atoms with E-state index in [4.69, 9.17) is 5.11 Å². The molecule has 0 bridgehead atoms. The first-order valence-corrected chi connectivity index (χ1v) is 8.01. The standard InChI is InChI=1S/C16H22FN3O4.ClH/c1-2-19(11-16(21)22)14-5-7-18(8-6-14)10-12-9-13(17)3-4-15(12)20(23)24;/h3-4,9,14H,2,5-8,10-11H2,1H3,(H,21,22);1H. The van der Waals surface area contributed by atoms with E-state index in [2.05, 4.69) is 0 Å². The lowest BCUT2D eigenvalue weighted by Gasteiger charge is -2.37. The van der Waals surface area contributed by atoms with E-state index in [1.165, 1.54) is 12.1 Å². The minimum Gasteiger partial charge on any atom is -0.480 e. The highest BCUT2D eigenvalue weighted by Gasteiger charge is 2.26. The van der Waals surface area contributed by atoms with Crippen LogP contribution in [0.3, 0.4) is 0 Å². The van der Waals surface area contributed by atoms with Gasteiger partial charge in [-0.05, 0) is 44.6 Å². The number of halogens is 2. The predicted octanol–water partition coefficient (Wildman–Crippen LogP) is 2.53. The lowest BCUT2D eigenvalue weighted by Crippen LogP contribution is -2.46. The topological polar surface area (TPSA) is 86.9 Å². The maximum Gasteiger partial charge on any atom is 0.317 e. The van der Waals surface area contributed by atoms with Crippen LogP contribution in [0, 0.1) is 15.9 Å². The van der Waals surface area contributed by atoms with Crippen molar-refractivity contribution in [3.05, 3.63) is 39.7 Å². The zero-order chi connectivity index (χ0) is 17.7. The molecule has 0 aliphatic carbocycles. The van der Waals surface area contributed by atoms with Crippen LogP contribution in [0.5, 0.6) is 0 Å². The summed E-state index contributed by atoms with van der Waals surface area (Å²) in [5.74, 6) is -1.32. The van der Waals surface area contributed by atoms with E-state index >= 15 is 0 Å². The molecule has 7 nitrogen and oxygen atoms in total. The highest BCUT2D eigenvalue weighted by Crippen LogP contribution is 2.24. The van der Waals surface area contributed by atoms with E-state index in [1.54, 1.807) is 0 Å². The van der Waals surface area contributed by atoms with Crippen LogP contribution in [0.4, 0.5) is 10.1 Å². The van der Waals surface area contributed by atoms with Crippen molar-refractivity contribution >= 4 is 24.1 Å². The minimum atomic E-state index is -0.838. The number of likely N-dealkylation sites (N-methyl/N-ethyl adjacent to an activating group) is 1. The smallest absolute Gasteiger partial charge is 0.317 e. The van der Waals surface area contributed by atoms with E-state index in [-0.39, 0.29) is 30.7 Å². The highest BCUT2D eigenvalue weighted by atomic mass is 35.5. The molecule has 1 heterocycles. The zero-order valence-corrected chi connectivity index (χ0v) is 14.9. The van der Waals surface area contributed by atoms with Gasteiger partial charge in [0.2, 0.25) is 0 Å². The van der Waals surface area contributed by atoms with Crippen molar-refractivity contribution in [2.24, 2.45) is 0 Å². The summed E-state index contributed by atoms with van der Waals surface area (Å²) in [6.45, 7) is 4.36. The van der Waals surface area contributed by atoms with Gasteiger partial charge >= 0.3 is 5.97 Å². The number of carboxylic acids is 1. The Labute approximate surface area is 152 Å². The van der Waals surface area contributed by atoms with Crippen molar-refractivity contribution in [1.29, 1.82) is 0 Å². The molecule has 0 atom stereocenters. The average Bonchev–Trinajstić information content (AvgIpc) is 2.53. The van der Waals surface area contributed by atoms with Crippen molar-refractivity contribution in [3.8, 4) is 0 Å². The molecule has 1 aromatic carbocycles. The molecule has 1 aromatic rings. The second-order valence-electron chi connectivity index (χ2n) is 5.99. The van der Waals surface area contributed by atoms with E-state index in [1.807, 2.05) is 16.7 Å². The number of benzene rings is 1. The number of rotatable bonds is 7. The minimum absolute atomic E-state index is 0. The number of likely N-dealkylation sites (tertiary alicyclic amines) is 1. The molecular weight excluding hydrogens is 353 g/mol. The Bertz CT molecular complexity index is 609. The van der Waals surface area contributed by atoms with Crippen LogP contribution >= 0.6 is 12.4 Å². The molecule has 140 valence electrons. The van der Waals surface area contributed by atoms with Gasteiger partial charge in [0.05, 0.1) is 11.5 Å². The van der Waals surface area contributed by atoms with Gasteiger partial charge in [-0.1, -0.05) is 6.92 Å². The summed E-state index contributed by atoms with van der Waals surface area (Å²) in [5.41, 5.74) is 0.302. The number of nitro benzene ring substituents is 1. The van der Waals surface area contributed by atoms with Crippen molar-refractivity contribution in [3.63, 3.8) is 0 Å². The third kappa shape index (κ3) is 5.91. The number of nitro groups is 1. The van der Waals surface area contributed by atoms with Gasteiger partial charge in [0.1, 0.15) is 5.82 Å². The van der Waals surface area contributed by atoms with Gasteiger partial charge in [-0.15, -0.1) is 12.4 Å². The van der Waals surface area contributed by atoms with E-state index in [0.29, 0.717) is 31.7 Å². The van der Waals surface area contributed by atoms with Crippen LogP contribution in [-0.2, 0) is 11.3 Å². The molecule has 1 aliphatic heterocycles. The maximum atomic E-state index is 13.4. The van der Waals surface area contributed by atoms with Gasteiger partial charge < -0.3 is 5.11 Å². The van der Waals surface area contributed by atoms with Gasteiger partial charge in [0, 0.05) is 24.2 Å². The van der Waals surface area contributed by atoms with Gasteiger partial charge in [0.15, 0.2) is 0 Å². The van der Waals surface area contributed by atoms with Gasteiger partial charge in [-0.2, -0.15) is 0 Å². The third-order valence-electron chi connectivity index (χ3n) is 4.45. The summed E-state index contributed by atoms with van der Waals surface area (Å²) in [4.78, 5) is 25.4. The predicted molar refractivity (Wildman–Crippen MR) is 93.5 cm³/mol. The normalized spacial score (nSPS) is 15.8. The molecule has 2 rings (SSSR count). The molecule has 25 heavy (non-hydrogen) atoms. The van der Waals surface area contributed by atoms with Crippen molar-refractivity contribution < 1.29 is 19.2 Å². The average molecular weight is 376 g/mol. The van der Waals surface area contributed by atoms with Crippen molar-refractivity contribution in [2.75, 3.05) is 26.2 Å². The number of carboxylic acid groups (broad SMARTS) is 1. The van der Waals surface area contributed by atoms with Crippen LogP contribution in [-0.4, -0.2) is 58.0 Å². The summed E-state index contributed by atoms with van der Waals surface area (Å²) >= 11 is 0. The lowest BCUT2D eigenvalue weighted by atomic mass is 10.0. The number of hydrogen-bond donors (Lipinski definition) is 1. The molecule has 0 spiro atoms. The van der Waals surface area contributed by atoms with Gasteiger partial charge in [-0.25, -0.2) is 4.39 Å². The Hall–Kier alpha value is -1.77. The molecule has 9 heteroatoms. The Morgan fingerprint density at radius 1 is 1.44 bits per heavy atom. The zero-order valence-electron chi connectivity index (χ0n) is 14.1. The van der Waals surface area contributed by atoms with Crippen LogP contribution in [0.25, 0.3) is 0 Å². The first-order chi connectivity index (χ1) is 11.4. The second-order valence-corrected chi connectivity index (χ2v) is 5.99. The molecule has 1 N–H and O–H groups in total. The summed E-state index contributed by atoms with van der Waals surface area (Å²) in [6.07, 6.45) is 1.59. The SMILES string of the molecule is CCN(CC(=O)O)C1CCN(Cc2cc(F)ccc2[N+](=O)[O-])CC1.Cl. The summed E-state index contributed by atoms with van der Waals surface area (Å²) < 4.78 is 13.4. The monoisotopic (exact) mass is 375 g/mol. The summed E-state index contributed by atoms with van der Waals surface area (Å²) in [5, 5.41) is 20.0. The Kier molecular flexibility index (Phi) is 8.21. The number of carbonyl (C=O) groups is 1. The van der Waals surface area contributed by atoms with Crippen LogP contribution in [0.2, 0.25) is 0 Å². The van der Waals surface area contributed by atoms with Crippen LogP contribution < -0.4 is 0 Å². The fourth-order valence-electron chi connectivity index (χ4n) is 3.22. The molecule has 0 unspecified atom stereocenters. The number of hydrogen-bond acceptors (Lipinski definition) is 5. The first-order valence-electron chi connectivity index (χ1n) is 8.01. The highest BCUT2D eigenvalue weighted by molar-refractivity contribution is 5.85. The molecule has 0 aromatic heterocycles. The van der Waals surface area contributed by atoms with Crippen LogP contribution in [0.15, 0.2) is 18.2 Å². The largest absolute Gasteiger partial charge is 0.480 e. The molecule has 1 saturated heterocycles. The molecule has 0 saturated carbocycles. The van der Waals surface area contributed by atoms with Gasteiger partial charge in [0.25, 0.3) is 5.69 Å². The van der Waals surface area contributed by atoms with E-state index < -0.39 is 16.7 Å². The van der Waals surface area contributed by atoms with Crippen molar-refractivity contribution in [1.82, 2.24) is 9.80 Å². The molecular formula is C16H23ClFN3O4. The quantitative estimate of drug-likeness (QED) is 0.582. The molecule has 0 amide bonds. The Balaban J connectivity index is 0.00000312. The molecule has 1 fully saturated rings. The Morgan fingerprint density at radius 2 is 2.08 bits per heavy atom. The second kappa shape index (κ2) is 9.65. The lowest BCUT2D eigenvalue weighted by molar-refractivity contribution is -0.385. The number of piperidine rings is 1. The van der Waals surface area contributed by atoms with Crippen LogP contribution in [0.1, 0.15) is 25.3 Å². The van der Waals surface area contributed by atoms with E-state index in [0.717, 1.165) is 18.9 Å². The summed E-state index contributed by atoms with van der Waals surface area (Å²) in [7, 11) is 0. The van der Waals surface area contributed by atoms with Gasteiger partial charge in [-0.3, -0.25) is 24.7 Å². The first kappa shape index (κ1) is 21.3. The third-order valence-corrected chi connectivity index (χ3v) is 4.45. The molecule has 1 aliphatic rings. The van der Waals surface area contributed by atoms with E-state index in [9.17, 15) is 19.3 Å². The Morgan fingerprint density at radius 3 is 2.60 bits per heavy atom. The summed E-state index contributed by atoms with van der Waals surface area (Å²) in [6, 6.07) is 3.71. The number of aliphatic carboxylic acids is 1. The maximum absolute atomic E-state index is 13.4. The molecule has 0 radical (unpaired) electrons. The van der Waals surface area contributed by atoms with Crippen molar-refractivity contribution in [2.45, 2.75) is 32.4 Å². The fraction of sp³-hybridized carbons (Fsp3) is 0.562.